The van der Waals surface area contributed by atoms with E-state index in [1.54, 1.807) is 0 Å². The Morgan fingerprint density at radius 3 is 2.32 bits per heavy atom. The predicted molar refractivity (Wildman–Crippen MR) is 60.2 cm³/mol. The monoisotopic (exact) mass is 278 g/mol. The molecule has 0 saturated carbocycles. The molecule has 106 valence electrons. The van der Waals surface area contributed by atoms with Crippen molar-refractivity contribution in [2.75, 3.05) is 6.61 Å². The van der Waals surface area contributed by atoms with Crippen molar-refractivity contribution in [3.8, 4) is 5.75 Å². The molecule has 19 heavy (non-hydrogen) atoms. The maximum absolute atomic E-state index is 12.8. The smallest absolute Gasteiger partial charge is 0.419 e. The molecule has 1 aromatic rings. The summed E-state index contributed by atoms with van der Waals surface area (Å²) in [6.45, 7) is 2.42. The second-order valence-corrected chi connectivity index (χ2v) is 4.61. The molecule has 2 N–H and O–H groups in total. The number of hydrogen-bond donors (Lipinski definition) is 2. The molecule has 0 spiro atoms. The highest BCUT2D eigenvalue weighted by atomic mass is 19.4. The zero-order valence-corrected chi connectivity index (χ0v) is 10.3. The number of hydrogen-bond acceptors (Lipinski definition) is 3. The van der Waals surface area contributed by atoms with E-state index in [0.29, 0.717) is 6.07 Å². The van der Waals surface area contributed by atoms with Gasteiger partial charge in [-0.05, 0) is 32.0 Å². The molecule has 0 saturated heterocycles. The van der Waals surface area contributed by atoms with E-state index in [1.165, 1.54) is 13.8 Å². The Morgan fingerprint density at radius 1 is 1.32 bits per heavy atom. The molecule has 0 aliphatic rings. The lowest BCUT2D eigenvalue weighted by Crippen LogP contribution is -2.28. The lowest BCUT2D eigenvalue weighted by molar-refractivity contribution is -0.139. The van der Waals surface area contributed by atoms with Crippen molar-refractivity contribution < 1.29 is 32.9 Å². The number of aliphatic hydroxyl groups is 1. The van der Waals surface area contributed by atoms with Gasteiger partial charge in [-0.25, -0.2) is 4.79 Å². The Bertz CT molecular complexity index is 475. The van der Waals surface area contributed by atoms with E-state index in [9.17, 15) is 23.1 Å². The summed E-state index contributed by atoms with van der Waals surface area (Å²) in [6.07, 6.45) is -4.74. The molecule has 0 unspecified atom stereocenters. The van der Waals surface area contributed by atoms with Crippen LogP contribution in [0.2, 0.25) is 0 Å². The van der Waals surface area contributed by atoms with E-state index >= 15 is 0 Å². The SMILES string of the molecule is CC(C)(O)COc1ccc(C(=O)O)cc1C(F)(F)F. The van der Waals surface area contributed by atoms with Crippen LogP contribution < -0.4 is 4.74 Å². The van der Waals surface area contributed by atoms with E-state index in [0.717, 1.165) is 12.1 Å². The number of alkyl halides is 3. The summed E-state index contributed by atoms with van der Waals surface area (Å²) in [4.78, 5) is 10.7. The van der Waals surface area contributed by atoms with Gasteiger partial charge in [-0.3, -0.25) is 0 Å². The number of carboxylic acid groups (broad SMARTS) is 1. The molecule has 1 rings (SSSR count). The molecule has 0 aliphatic heterocycles. The lowest BCUT2D eigenvalue weighted by atomic mass is 10.1. The molecule has 1 aromatic carbocycles. The van der Waals surface area contributed by atoms with E-state index in [2.05, 4.69) is 0 Å². The minimum Gasteiger partial charge on any atom is -0.490 e. The number of carbonyl (C=O) groups is 1. The molecule has 0 heterocycles. The van der Waals surface area contributed by atoms with Crippen LogP contribution in [-0.4, -0.2) is 28.4 Å². The largest absolute Gasteiger partial charge is 0.490 e. The van der Waals surface area contributed by atoms with Gasteiger partial charge in [0.15, 0.2) is 0 Å². The van der Waals surface area contributed by atoms with E-state index < -0.39 is 34.6 Å². The van der Waals surface area contributed by atoms with Crippen molar-refractivity contribution in [1.29, 1.82) is 0 Å². The minimum absolute atomic E-state index is 0.345. The highest BCUT2D eigenvalue weighted by Gasteiger charge is 2.35. The number of benzene rings is 1. The molecule has 0 aliphatic carbocycles. The summed E-state index contributed by atoms with van der Waals surface area (Å²) >= 11 is 0. The van der Waals surface area contributed by atoms with Gasteiger partial charge in [0.2, 0.25) is 0 Å². The normalized spacial score (nSPS) is 12.3. The summed E-state index contributed by atoms with van der Waals surface area (Å²) in [7, 11) is 0. The van der Waals surface area contributed by atoms with Crippen molar-refractivity contribution >= 4 is 5.97 Å². The summed E-state index contributed by atoms with van der Waals surface area (Å²) in [5.41, 5.74) is -2.96. The van der Waals surface area contributed by atoms with Crippen LogP contribution in [0.4, 0.5) is 13.2 Å². The highest BCUT2D eigenvalue weighted by Crippen LogP contribution is 2.37. The molecular weight excluding hydrogens is 265 g/mol. The molecule has 0 atom stereocenters. The zero-order chi connectivity index (χ0) is 14.8. The molecule has 0 bridgehead atoms. The van der Waals surface area contributed by atoms with Crippen LogP contribution in [0.15, 0.2) is 18.2 Å². The Labute approximate surface area is 107 Å². The van der Waals surface area contributed by atoms with Crippen molar-refractivity contribution in [3.63, 3.8) is 0 Å². The third-order valence-corrected chi connectivity index (χ3v) is 2.11. The van der Waals surface area contributed by atoms with Gasteiger partial charge in [-0.15, -0.1) is 0 Å². The number of ether oxygens (including phenoxy) is 1. The Balaban J connectivity index is 3.13. The Morgan fingerprint density at radius 2 is 1.89 bits per heavy atom. The molecule has 0 aromatic heterocycles. The van der Waals surface area contributed by atoms with Crippen LogP contribution in [0.25, 0.3) is 0 Å². The lowest BCUT2D eigenvalue weighted by Gasteiger charge is -2.20. The maximum Gasteiger partial charge on any atom is 0.419 e. The first-order chi connectivity index (χ1) is 8.50. The van der Waals surface area contributed by atoms with Crippen LogP contribution in [0.3, 0.4) is 0 Å². The fourth-order valence-corrected chi connectivity index (χ4v) is 1.26. The van der Waals surface area contributed by atoms with Crippen LogP contribution >= 0.6 is 0 Å². The van der Waals surface area contributed by atoms with Crippen LogP contribution in [0, 0.1) is 0 Å². The zero-order valence-electron chi connectivity index (χ0n) is 10.3. The van der Waals surface area contributed by atoms with Crippen molar-refractivity contribution in [2.24, 2.45) is 0 Å². The standard InChI is InChI=1S/C12H13F3O4/c1-11(2,18)6-19-9-4-3-7(10(16)17)5-8(9)12(13,14)15/h3-5,18H,6H2,1-2H3,(H,16,17). The molecule has 0 fully saturated rings. The van der Waals surface area contributed by atoms with Crippen molar-refractivity contribution in [1.82, 2.24) is 0 Å². The fraction of sp³-hybridized carbons (Fsp3) is 0.417. The third kappa shape index (κ3) is 4.44. The molecule has 4 nitrogen and oxygen atoms in total. The molecule has 0 amide bonds. The summed E-state index contributed by atoms with van der Waals surface area (Å²) in [6, 6.07) is 2.44. The van der Waals surface area contributed by atoms with Gasteiger partial charge in [0.25, 0.3) is 0 Å². The summed E-state index contributed by atoms with van der Waals surface area (Å²) in [5.74, 6) is -1.97. The molecule has 7 heteroatoms. The first-order valence-corrected chi connectivity index (χ1v) is 5.30. The van der Waals surface area contributed by atoms with Gasteiger partial charge in [0, 0.05) is 0 Å². The number of rotatable bonds is 4. The van der Waals surface area contributed by atoms with Crippen LogP contribution in [-0.2, 0) is 6.18 Å². The fourth-order valence-electron chi connectivity index (χ4n) is 1.26. The second-order valence-electron chi connectivity index (χ2n) is 4.61. The first kappa shape index (κ1) is 15.3. The van der Waals surface area contributed by atoms with Gasteiger partial charge in [0.1, 0.15) is 12.4 Å². The topological polar surface area (TPSA) is 66.8 Å². The van der Waals surface area contributed by atoms with Gasteiger partial charge in [0.05, 0.1) is 16.7 Å². The van der Waals surface area contributed by atoms with Gasteiger partial charge < -0.3 is 14.9 Å². The molecule has 0 radical (unpaired) electrons. The predicted octanol–water partition coefficient (Wildman–Crippen LogP) is 2.55. The average molecular weight is 278 g/mol. The average Bonchev–Trinajstić information content (AvgIpc) is 2.23. The maximum atomic E-state index is 12.8. The highest BCUT2D eigenvalue weighted by molar-refractivity contribution is 5.88. The van der Waals surface area contributed by atoms with Gasteiger partial charge in [-0.2, -0.15) is 13.2 Å². The van der Waals surface area contributed by atoms with Gasteiger partial charge >= 0.3 is 12.1 Å². The summed E-state index contributed by atoms with van der Waals surface area (Å²) in [5, 5.41) is 18.1. The van der Waals surface area contributed by atoms with Gasteiger partial charge in [-0.1, -0.05) is 0 Å². The van der Waals surface area contributed by atoms with E-state index in [-0.39, 0.29) is 6.61 Å². The Hall–Kier alpha value is -1.76. The second kappa shape index (κ2) is 5.08. The quantitative estimate of drug-likeness (QED) is 0.888. The van der Waals surface area contributed by atoms with E-state index in [1.807, 2.05) is 0 Å². The molecular formula is C12H13F3O4. The summed E-state index contributed by atoms with van der Waals surface area (Å²) < 4.78 is 43.2. The minimum atomic E-state index is -4.74. The van der Waals surface area contributed by atoms with Crippen LogP contribution in [0.5, 0.6) is 5.75 Å². The number of halogens is 3. The first-order valence-electron chi connectivity index (χ1n) is 5.30. The van der Waals surface area contributed by atoms with Crippen molar-refractivity contribution in [3.05, 3.63) is 29.3 Å². The van der Waals surface area contributed by atoms with E-state index in [4.69, 9.17) is 9.84 Å². The number of carboxylic acids is 1. The Kier molecular flexibility index (Phi) is 4.09. The third-order valence-electron chi connectivity index (χ3n) is 2.11. The number of aromatic carboxylic acids is 1. The van der Waals surface area contributed by atoms with Crippen LogP contribution in [0.1, 0.15) is 29.8 Å². The van der Waals surface area contributed by atoms with Crippen molar-refractivity contribution in [2.45, 2.75) is 25.6 Å².